The molecule has 0 rings (SSSR count). The Morgan fingerprint density at radius 1 is 0.542 bits per heavy atom. The van der Waals surface area contributed by atoms with Crippen molar-refractivity contribution < 1.29 is 34.3 Å². The van der Waals surface area contributed by atoms with Crippen molar-refractivity contribution in [2.24, 2.45) is 0 Å². The van der Waals surface area contributed by atoms with Gasteiger partial charge in [0.15, 0.2) is 0 Å². The Kier molecular flexibility index (Phi) is 18.7. The third kappa shape index (κ3) is 15.2. The molecule has 0 heterocycles. The van der Waals surface area contributed by atoms with E-state index in [0.717, 1.165) is 19.6 Å². The Labute approximate surface area is 144 Å². The van der Waals surface area contributed by atoms with Crippen molar-refractivity contribution in [1.82, 2.24) is 9.80 Å². The largest absolute Gasteiger partial charge is 0.380 e. The molecule has 0 aliphatic rings. The number of rotatable bonds is 19. The van der Waals surface area contributed by atoms with Gasteiger partial charge in [-0.05, 0) is 6.92 Å². The molecule has 0 saturated heterocycles. The summed E-state index contributed by atoms with van der Waals surface area (Å²) in [5, 5.41) is 26.1. The molecule has 3 N–H and O–H groups in total. The van der Waals surface area contributed by atoms with Gasteiger partial charge in [-0.25, -0.2) is 0 Å². The predicted octanol–water partition coefficient (Wildman–Crippen LogP) is -1.47. The van der Waals surface area contributed by atoms with Gasteiger partial charge < -0.3 is 34.3 Å². The predicted molar refractivity (Wildman–Crippen MR) is 88.5 cm³/mol. The van der Waals surface area contributed by atoms with E-state index in [2.05, 4.69) is 9.80 Å². The molecule has 0 radical (unpaired) electrons. The fraction of sp³-hybridized carbons (Fsp3) is 1.00. The van der Waals surface area contributed by atoms with E-state index in [9.17, 15) is 0 Å². The number of aliphatic hydroxyl groups excluding tert-OH is 3. The van der Waals surface area contributed by atoms with Crippen LogP contribution in [0.5, 0.6) is 0 Å². The molecule has 9 nitrogen and oxygen atoms in total. The lowest BCUT2D eigenvalue weighted by Gasteiger charge is -2.27. The first-order valence-electron chi connectivity index (χ1n) is 8.36. The van der Waals surface area contributed by atoms with Gasteiger partial charge in [0, 0.05) is 45.9 Å². The molecular formula is C15H34N2O7. The van der Waals surface area contributed by atoms with Crippen LogP contribution in [0.3, 0.4) is 0 Å². The van der Waals surface area contributed by atoms with Crippen molar-refractivity contribution >= 4 is 0 Å². The smallest absolute Gasteiger partial charge is 0.143 e. The normalized spacial score (nSPS) is 11.8. The summed E-state index contributed by atoms with van der Waals surface area (Å²) >= 11 is 0. The fourth-order valence-electron chi connectivity index (χ4n) is 2.07. The topological polar surface area (TPSA) is 104 Å². The van der Waals surface area contributed by atoms with Crippen molar-refractivity contribution in [2.45, 2.75) is 6.92 Å². The van der Waals surface area contributed by atoms with Crippen molar-refractivity contribution in [2.75, 3.05) is 92.7 Å². The quantitative estimate of drug-likeness (QED) is 0.189. The van der Waals surface area contributed by atoms with Crippen LogP contribution in [-0.4, -0.2) is 118 Å². The average Bonchev–Trinajstić information content (AvgIpc) is 2.59. The molecule has 0 atom stereocenters. The van der Waals surface area contributed by atoms with E-state index in [4.69, 9.17) is 34.3 Å². The maximum atomic E-state index is 8.71. The number of aliphatic hydroxyl groups is 3. The van der Waals surface area contributed by atoms with Gasteiger partial charge in [0.25, 0.3) is 0 Å². The molecule has 24 heavy (non-hydrogen) atoms. The standard InChI is InChI=1S/C15H34N2O7/c1-2-21-9-5-16(6-10-22-13-18)3-4-17(7-11-23-14-19)8-12-24-15-20/h18-20H,2-15H2,1H3. The summed E-state index contributed by atoms with van der Waals surface area (Å²) in [6, 6.07) is 0. The van der Waals surface area contributed by atoms with Crippen LogP contribution >= 0.6 is 0 Å². The van der Waals surface area contributed by atoms with Crippen molar-refractivity contribution in [3.63, 3.8) is 0 Å². The molecule has 0 amide bonds. The molecule has 0 unspecified atom stereocenters. The maximum Gasteiger partial charge on any atom is 0.143 e. The summed E-state index contributed by atoms with van der Waals surface area (Å²) < 4.78 is 20.4. The third-order valence-electron chi connectivity index (χ3n) is 3.42. The van der Waals surface area contributed by atoms with Crippen LogP contribution < -0.4 is 0 Å². The van der Waals surface area contributed by atoms with E-state index < -0.39 is 0 Å². The first-order chi connectivity index (χ1) is 11.8. The molecule has 0 aliphatic carbocycles. The first kappa shape index (κ1) is 23.6. The number of nitrogens with zero attached hydrogens (tertiary/aromatic N) is 2. The summed E-state index contributed by atoms with van der Waals surface area (Å²) in [6.07, 6.45) is 0. The van der Waals surface area contributed by atoms with Gasteiger partial charge >= 0.3 is 0 Å². The second kappa shape index (κ2) is 19.0. The van der Waals surface area contributed by atoms with Gasteiger partial charge in [0.2, 0.25) is 0 Å². The summed E-state index contributed by atoms with van der Waals surface area (Å²) in [4.78, 5) is 4.35. The highest BCUT2D eigenvalue weighted by Crippen LogP contribution is 1.95. The summed E-state index contributed by atoms with van der Waals surface area (Å²) in [5.41, 5.74) is 0. The Hall–Kier alpha value is -0.360. The minimum absolute atomic E-state index is 0.275. The first-order valence-corrected chi connectivity index (χ1v) is 8.36. The van der Waals surface area contributed by atoms with Gasteiger partial charge in [-0.1, -0.05) is 0 Å². The van der Waals surface area contributed by atoms with Crippen LogP contribution in [0.15, 0.2) is 0 Å². The highest BCUT2D eigenvalue weighted by Gasteiger charge is 2.10. The zero-order chi connectivity index (χ0) is 17.9. The molecule has 0 aromatic rings. The number of ether oxygens (including phenoxy) is 4. The van der Waals surface area contributed by atoms with Crippen molar-refractivity contribution in [3.05, 3.63) is 0 Å². The highest BCUT2D eigenvalue weighted by atomic mass is 16.6. The van der Waals surface area contributed by atoms with E-state index in [1.54, 1.807) is 0 Å². The number of hydrogen-bond acceptors (Lipinski definition) is 9. The lowest BCUT2D eigenvalue weighted by molar-refractivity contribution is -0.0282. The Balaban J connectivity index is 4.21. The molecule has 0 aromatic heterocycles. The second-order valence-corrected chi connectivity index (χ2v) is 4.99. The van der Waals surface area contributed by atoms with Crippen molar-refractivity contribution in [3.8, 4) is 0 Å². The molecule has 0 bridgehead atoms. The summed E-state index contributed by atoms with van der Waals surface area (Å²) in [7, 11) is 0. The van der Waals surface area contributed by atoms with E-state index in [1.165, 1.54) is 0 Å². The van der Waals surface area contributed by atoms with Gasteiger partial charge in [0.1, 0.15) is 20.4 Å². The Morgan fingerprint density at radius 3 is 1.17 bits per heavy atom. The molecule has 0 spiro atoms. The molecule has 0 aliphatic heterocycles. The molecule has 9 heteroatoms. The maximum absolute atomic E-state index is 8.71. The Morgan fingerprint density at radius 2 is 0.875 bits per heavy atom. The summed E-state index contributed by atoms with van der Waals surface area (Å²) in [5.74, 6) is 0. The lowest BCUT2D eigenvalue weighted by atomic mass is 10.4. The average molecular weight is 354 g/mol. The van der Waals surface area contributed by atoms with Gasteiger partial charge in [-0.2, -0.15) is 0 Å². The lowest BCUT2D eigenvalue weighted by Crippen LogP contribution is -2.41. The van der Waals surface area contributed by atoms with Gasteiger partial charge in [-0.3, -0.25) is 9.80 Å². The van der Waals surface area contributed by atoms with Crippen LogP contribution in [0.1, 0.15) is 6.92 Å². The monoisotopic (exact) mass is 354 g/mol. The zero-order valence-electron chi connectivity index (χ0n) is 14.8. The number of hydrogen-bond donors (Lipinski definition) is 3. The third-order valence-corrected chi connectivity index (χ3v) is 3.42. The van der Waals surface area contributed by atoms with Crippen molar-refractivity contribution in [1.29, 1.82) is 0 Å². The summed E-state index contributed by atoms with van der Waals surface area (Å²) in [6.45, 7) is 8.19. The van der Waals surface area contributed by atoms with Crippen LogP contribution in [0.25, 0.3) is 0 Å². The van der Waals surface area contributed by atoms with Crippen LogP contribution in [0.4, 0.5) is 0 Å². The minimum Gasteiger partial charge on any atom is -0.380 e. The highest BCUT2D eigenvalue weighted by molar-refractivity contribution is 4.64. The Bertz CT molecular complexity index is 206. The van der Waals surface area contributed by atoms with Gasteiger partial charge in [0.05, 0.1) is 26.4 Å². The van der Waals surface area contributed by atoms with E-state index in [-0.39, 0.29) is 20.4 Å². The molecule has 146 valence electrons. The van der Waals surface area contributed by atoms with Crippen LogP contribution in [-0.2, 0) is 18.9 Å². The van der Waals surface area contributed by atoms with Crippen LogP contribution in [0, 0.1) is 0 Å². The van der Waals surface area contributed by atoms with Gasteiger partial charge in [-0.15, -0.1) is 0 Å². The second-order valence-electron chi connectivity index (χ2n) is 4.99. The van der Waals surface area contributed by atoms with Crippen LogP contribution in [0.2, 0.25) is 0 Å². The molecule has 0 saturated carbocycles. The zero-order valence-corrected chi connectivity index (χ0v) is 14.8. The molecular weight excluding hydrogens is 320 g/mol. The molecule has 0 aromatic carbocycles. The minimum atomic E-state index is -0.292. The van der Waals surface area contributed by atoms with E-state index >= 15 is 0 Å². The molecule has 0 fully saturated rings. The van der Waals surface area contributed by atoms with E-state index in [0.29, 0.717) is 52.7 Å². The SMILES string of the molecule is CCOCCN(CCOCO)CCN(CCOCO)CCOCO. The van der Waals surface area contributed by atoms with E-state index in [1.807, 2.05) is 6.92 Å². The fourth-order valence-corrected chi connectivity index (χ4v) is 2.07.